The van der Waals surface area contributed by atoms with Crippen molar-refractivity contribution in [3.63, 3.8) is 0 Å². The van der Waals surface area contributed by atoms with Gasteiger partial charge in [0.25, 0.3) is 0 Å². The van der Waals surface area contributed by atoms with Crippen LogP contribution in [-0.4, -0.2) is 8.42 Å². The van der Waals surface area contributed by atoms with Crippen molar-refractivity contribution in [3.05, 3.63) is 169 Å². The molecule has 0 unspecified atom stereocenters. The monoisotopic (exact) mass is 592 g/mol. The number of fused-ring (bicyclic) bond motifs is 2. The van der Waals surface area contributed by atoms with Gasteiger partial charge in [-0.05, 0) is 96.1 Å². The molecule has 44 heavy (non-hydrogen) atoms. The van der Waals surface area contributed by atoms with Crippen LogP contribution in [-0.2, 0) is 15.3 Å². The highest BCUT2D eigenvalue weighted by Crippen LogP contribution is 2.49. The molecule has 1 aliphatic heterocycles. The Kier molecular flexibility index (Phi) is 6.83. The Morgan fingerprint density at radius 2 is 0.705 bits per heavy atom. The lowest BCUT2D eigenvalue weighted by atomic mass is 9.77. The number of rotatable bonds is 6. The van der Waals surface area contributed by atoms with Gasteiger partial charge in [-0.3, -0.25) is 0 Å². The summed E-state index contributed by atoms with van der Waals surface area (Å²) >= 11 is 0. The molecule has 0 aromatic heterocycles. The van der Waals surface area contributed by atoms with E-state index in [1.165, 1.54) is 0 Å². The van der Waals surface area contributed by atoms with Gasteiger partial charge in [0.15, 0.2) is 0 Å². The van der Waals surface area contributed by atoms with Crippen LogP contribution in [0.3, 0.4) is 0 Å². The van der Waals surface area contributed by atoms with Crippen molar-refractivity contribution in [2.75, 3.05) is 9.80 Å². The molecule has 0 atom stereocenters. The number of para-hydroxylation sites is 4. The lowest BCUT2D eigenvalue weighted by Gasteiger charge is -2.37. The zero-order valence-corrected chi connectivity index (χ0v) is 25.4. The summed E-state index contributed by atoms with van der Waals surface area (Å²) in [4.78, 5) is 5.05. The first kappa shape index (κ1) is 27.7. The molecule has 0 fully saturated rings. The molecule has 0 spiro atoms. The quantitative estimate of drug-likeness (QED) is 0.193. The number of anilines is 6. The molecule has 0 radical (unpaired) electrons. The molecule has 0 N–H and O–H groups in total. The third-order valence-electron chi connectivity index (χ3n) is 8.43. The lowest BCUT2D eigenvalue weighted by molar-refractivity contribution is 0.556. The fourth-order valence-electron chi connectivity index (χ4n) is 6.23. The van der Waals surface area contributed by atoms with E-state index < -0.39 is 15.3 Å². The largest absolute Gasteiger partial charge is 0.310 e. The van der Waals surface area contributed by atoms with E-state index in [0.717, 1.165) is 45.3 Å². The SMILES string of the molecule is CC1(C)c2cc(N(c3ccccc3)c3ccccc3)ccc2S(=O)(=O)c2ccc(N(c3ccccc3)c3ccccc3)cc21. The highest BCUT2D eigenvalue weighted by molar-refractivity contribution is 7.91. The summed E-state index contributed by atoms with van der Waals surface area (Å²) < 4.78 is 28.4. The standard InChI is InChI=1S/C39H32N2O2S/c1-39(2)35-27-33(40(29-15-7-3-8-16-29)30-17-9-4-10-18-30)23-25-37(35)44(42,43)38-26-24-34(28-36(38)39)41(31-19-11-5-12-20-31)32-21-13-6-14-22-32/h3-28H,1-2H3. The van der Waals surface area contributed by atoms with E-state index in [2.05, 4.69) is 84.3 Å². The first-order valence-corrected chi connectivity index (χ1v) is 16.2. The molecule has 6 aromatic carbocycles. The zero-order valence-electron chi connectivity index (χ0n) is 24.6. The van der Waals surface area contributed by atoms with Gasteiger partial charge in [-0.15, -0.1) is 0 Å². The molecule has 0 bridgehead atoms. The molecular formula is C39H32N2O2S. The molecule has 0 saturated carbocycles. The van der Waals surface area contributed by atoms with Gasteiger partial charge in [0, 0.05) is 39.5 Å². The molecule has 216 valence electrons. The fourth-order valence-corrected chi connectivity index (χ4v) is 8.16. The van der Waals surface area contributed by atoms with Gasteiger partial charge >= 0.3 is 0 Å². The first-order valence-electron chi connectivity index (χ1n) is 14.7. The van der Waals surface area contributed by atoms with Gasteiger partial charge < -0.3 is 9.80 Å². The van der Waals surface area contributed by atoms with Crippen LogP contribution in [0.2, 0.25) is 0 Å². The third-order valence-corrected chi connectivity index (χ3v) is 10.3. The maximum Gasteiger partial charge on any atom is 0.207 e. The number of benzene rings is 6. The minimum Gasteiger partial charge on any atom is -0.310 e. The molecule has 7 rings (SSSR count). The molecular weight excluding hydrogens is 561 g/mol. The van der Waals surface area contributed by atoms with Crippen LogP contribution < -0.4 is 9.80 Å². The van der Waals surface area contributed by atoms with Crippen molar-refractivity contribution in [3.8, 4) is 0 Å². The van der Waals surface area contributed by atoms with Crippen molar-refractivity contribution in [1.82, 2.24) is 0 Å². The summed E-state index contributed by atoms with van der Waals surface area (Å²) in [6.45, 7) is 4.25. The molecule has 6 aromatic rings. The van der Waals surface area contributed by atoms with Crippen molar-refractivity contribution in [1.29, 1.82) is 0 Å². The predicted molar refractivity (Wildman–Crippen MR) is 180 cm³/mol. The van der Waals surface area contributed by atoms with Gasteiger partial charge in [0.2, 0.25) is 9.84 Å². The van der Waals surface area contributed by atoms with Gasteiger partial charge in [-0.25, -0.2) is 8.42 Å². The molecule has 1 aliphatic rings. The minimum atomic E-state index is -3.75. The van der Waals surface area contributed by atoms with Crippen LogP contribution in [0.15, 0.2) is 168 Å². The Balaban J connectivity index is 1.40. The molecule has 4 nitrogen and oxygen atoms in total. The predicted octanol–water partition coefficient (Wildman–Crippen LogP) is 10.1. The van der Waals surface area contributed by atoms with E-state index in [1.807, 2.05) is 84.9 Å². The Hall–Kier alpha value is -5.13. The van der Waals surface area contributed by atoms with E-state index in [1.54, 1.807) is 12.1 Å². The van der Waals surface area contributed by atoms with Gasteiger partial charge in [-0.1, -0.05) is 86.6 Å². The van der Waals surface area contributed by atoms with E-state index in [-0.39, 0.29) is 0 Å². The summed E-state index contributed by atoms with van der Waals surface area (Å²) in [6.07, 6.45) is 0. The molecule has 0 amide bonds. The smallest absolute Gasteiger partial charge is 0.207 e. The van der Waals surface area contributed by atoms with E-state index in [9.17, 15) is 8.42 Å². The second-order valence-corrected chi connectivity index (χ2v) is 13.4. The van der Waals surface area contributed by atoms with Crippen LogP contribution in [0.5, 0.6) is 0 Å². The van der Waals surface area contributed by atoms with Gasteiger partial charge in [0.1, 0.15) is 0 Å². The Morgan fingerprint density at radius 3 is 1.00 bits per heavy atom. The fraction of sp³-hybridized carbons (Fsp3) is 0.0769. The highest BCUT2D eigenvalue weighted by atomic mass is 32.2. The van der Waals surface area contributed by atoms with Crippen molar-refractivity contribution in [2.24, 2.45) is 0 Å². The van der Waals surface area contributed by atoms with Crippen molar-refractivity contribution < 1.29 is 8.42 Å². The molecule has 0 saturated heterocycles. The summed E-state index contributed by atoms with van der Waals surface area (Å²) in [7, 11) is -3.75. The van der Waals surface area contributed by atoms with Crippen LogP contribution in [0.1, 0.15) is 25.0 Å². The average Bonchev–Trinajstić information content (AvgIpc) is 3.06. The normalized spacial score (nSPS) is 14.2. The van der Waals surface area contributed by atoms with Gasteiger partial charge in [-0.2, -0.15) is 0 Å². The van der Waals surface area contributed by atoms with E-state index >= 15 is 0 Å². The zero-order chi connectivity index (χ0) is 30.3. The van der Waals surface area contributed by atoms with Crippen LogP contribution in [0.4, 0.5) is 34.1 Å². The number of hydrogen-bond donors (Lipinski definition) is 0. The Bertz CT molecular complexity index is 1820. The number of hydrogen-bond acceptors (Lipinski definition) is 4. The van der Waals surface area contributed by atoms with Crippen LogP contribution >= 0.6 is 0 Å². The maximum atomic E-state index is 14.2. The highest BCUT2D eigenvalue weighted by Gasteiger charge is 2.41. The molecule has 1 heterocycles. The summed E-state index contributed by atoms with van der Waals surface area (Å²) in [5.41, 5.74) is 6.76. The Labute approximate surface area is 259 Å². The second kappa shape index (κ2) is 10.9. The number of sulfone groups is 1. The van der Waals surface area contributed by atoms with Crippen molar-refractivity contribution >= 4 is 44.0 Å². The van der Waals surface area contributed by atoms with E-state index in [0.29, 0.717) is 9.79 Å². The number of nitrogens with zero attached hydrogens (tertiary/aromatic N) is 2. The summed E-state index contributed by atoms with van der Waals surface area (Å²) in [5.74, 6) is 0. The van der Waals surface area contributed by atoms with Gasteiger partial charge in [0.05, 0.1) is 9.79 Å². The van der Waals surface area contributed by atoms with Crippen LogP contribution in [0.25, 0.3) is 0 Å². The van der Waals surface area contributed by atoms with Crippen molar-refractivity contribution in [2.45, 2.75) is 29.1 Å². The maximum absolute atomic E-state index is 14.2. The summed E-state index contributed by atoms with van der Waals surface area (Å²) in [5, 5.41) is 0. The summed E-state index contributed by atoms with van der Waals surface area (Å²) in [6, 6.07) is 52.1. The van der Waals surface area contributed by atoms with Crippen LogP contribution in [0, 0.1) is 0 Å². The molecule has 5 heteroatoms. The topological polar surface area (TPSA) is 40.6 Å². The average molecular weight is 593 g/mol. The molecule has 0 aliphatic carbocycles. The van der Waals surface area contributed by atoms with E-state index in [4.69, 9.17) is 0 Å². The minimum absolute atomic E-state index is 0.357. The second-order valence-electron chi connectivity index (χ2n) is 11.5. The lowest BCUT2D eigenvalue weighted by Crippen LogP contribution is -2.30. The Morgan fingerprint density at radius 1 is 0.409 bits per heavy atom. The first-order chi connectivity index (χ1) is 21.4. The third kappa shape index (κ3) is 4.66.